The molecule has 2 aromatic rings. The van der Waals surface area contributed by atoms with Crippen molar-refractivity contribution in [2.75, 3.05) is 17.1 Å². The van der Waals surface area contributed by atoms with Gasteiger partial charge in [-0.3, -0.25) is 0 Å². The topological polar surface area (TPSA) is 96.9 Å². The number of sulfonamides is 1. The molecule has 0 aromatic carbocycles. The number of nitrogens with zero attached hydrogens (tertiary/aromatic N) is 3. The highest BCUT2D eigenvalue weighted by atomic mass is 32.2. The first-order valence-electron chi connectivity index (χ1n) is 5.06. The van der Waals surface area contributed by atoms with E-state index in [0.717, 1.165) is 0 Å². The van der Waals surface area contributed by atoms with E-state index >= 15 is 0 Å². The molecule has 0 fully saturated rings. The minimum atomic E-state index is -3.80. The van der Waals surface area contributed by atoms with Gasteiger partial charge < -0.3 is 5.32 Å². The third kappa shape index (κ3) is 2.54. The molecule has 0 amide bonds. The molecule has 2 aromatic heterocycles. The number of hydrogen-bond acceptors (Lipinski definition) is 6. The van der Waals surface area contributed by atoms with E-state index in [4.69, 9.17) is 0 Å². The number of rotatable bonds is 4. The van der Waals surface area contributed by atoms with Crippen molar-refractivity contribution in [1.29, 1.82) is 0 Å². The summed E-state index contributed by atoms with van der Waals surface area (Å²) in [5.41, 5.74) is 0.404. The van der Waals surface area contributed by atoms with Crippen LogP contribution in [0.1, 0.15) is 0 Å². The van der Waals surface area contributed by atoms with Crippen molar-refractivity contribution in [1.82, 2.24) is 15.0 Å². The zero-order valence-electron chi connectivity index (χ0n) is 9.53. The van der Waals surface area contributed by atoms with Gasteiger partial charge in [-0.15, -0.1) is 0 Å². The molecule has 0 aliphatic heterocycles. The highest BCUT2D eigenvalue weighted by Crippen LogP contribution is 2.18. The Kier molecular flexibility index (Phi) is 3.38. The first-order chi connectivity index (χ1) is 8.63. The molecule has 8 heteroatoms. The molecule has 0 bridgehead atoms. The lowest BCUT2D eigenvalue weighted by atomic mass is 10.4. The van der Waals surface area contributed by atoms with Crippen LogP contribution in [0.3, 0.4) is 0 Å². The summed E-state index contributed by atoms with van der Waals surface area (Å²) >= 11 is 0. The van der Waals surface area contributed by atoms with Gasteiger partial charge in [-0.2, -0.15) is 8.42 Å². The average molecular weight is 265 g/mol. The van der Waals surface area contributed by atoms with Gasteiger partial charge in [0.25, 0.3) is 10.0 Å². The molecule has 0 radical (unpaired) electrons. The number of hydrogen-bond donors (Lipinski definition) is 2. The van der Waals surface area contributed by atoms with Crippen LogP contribution in [0.4, 0.5) is 11.6 Å². The van der Waals surface area contributed by atoms with E-state index < -0.39 is 10.0 Å². The lowest BCUT2D eigenvalue weighted by Crippen LogP contribution is -2.17. The lowest BCUT2D eigenvalue weighted by Gasteiger charge is -2.09. The Hall–Kier alpha value is -2.22. The summed E-state index contributed by atoms with van der Waals surface area (Å²) < 4.78 is 26.4. The Balaban J connectivity index is 2.37. The second-order valence-electron chi connectivity index (χ2n) is 3.28. The zero-order chi connectivity index (χ0) is 13.0. The molecule has 18 heavy (non-hydrogen) atoms. The molecule has 2 rings (SSSR count). The van der Waals surface area contributed by atoms with Crippen LogP contribution in [-0.2, 0) is 10.0 Å². The summed E-state index contributed by atoms with van der Waals surface area (Å²) in [7, 11) is -2.18. The van der Waals surface area contributed by atoms with Gasteiger partial charge >= 0.3 is 0 Å². The van der Waals surface area contributed by atoms with Crippen molar-refractivity contribution in [3.05, 3.63) is 36.8 Å². The summed E-state index contributed by atoms with van der Waals surface area (Å²) in [5, 5.41) is 2.67. The quantitative estimate of drug-likeness (QED) is 0.845. The van der Waals surface area contributed by atoms with E-state index in [2.05, 4.69) is 25.0 Å². The summed E-state index contributed by atoms with van der Waals surface area (Å²) in [5.74, 6) is 0.00482. The van der Waals surface area contributed by atoms with E-state index in [-0.39, 0.29) is 11.0 Å². The fraction of sp³-hybridized carbons (Fsp3) is 0.100. The monoisotopic (exact) mass is 265 g/mol. The van der Waals surface area contributed by atoms with Gasteiger partial charge in [-0.1, -0.05) is 0 Å². The maximum Gasteiger partial charge on any atom is 0.283 e. The molecule has 94 valence electrons. The van der Waals surface area contributed by atoms with Crippen LogP contribution in [-0.4, -0.2) is 30.4 Å². The summed E-state index contributed by atoms with van der Waals surface area (Å²) in [6.45, 7) is 0. The Morgan fingerprint density at radius 2 is 1.72 bits per heavy atom. The van der Waals surface area contributed by atoms with Crippen molar-refractivity contribution in [3.8, 4) is 0 Å². The van der Waals surface area contributed by atoms with Gasteiger partial charge in [0, 0.05) is 25.6 Å². The van der Waals surface area contributed by atoms with Crippen molar-refractivity contribution in [2.24, 2.45) is 0 Å². The van der Waals surface area contributed by atoms with E-state index in [0.29, 0.717) is 5.69 Å². The van der Waals surface area contributed by atoms with Crippen LogP contribution >= 0.6 is 0 Å². The maximum absolute atomic E-state index is 12.1. The molecule has 7 nitrogen and oxygen atoms in total. The number of anilines is 2. The molecule has 0 aliphatic rings. The van der Waals surface area contributed by atoms with Gasteiger partial charge in [0.05, 0.1) is 5.69 Å². The molecule has 0 saturated heterocycles. The summed E-state index contributed by atoms with van der Waals surface area (Å²) in [6, 6.07) is 4.86. The van der Waals surface area contributed by atoms with Gasteiger partial charge in [0.15, 0.2) is 5.03 Å². The normalized spacial score (nSPS) is 10.9. The van der Waals surface area contributed by atoms with Crippen molar-refractivity contribution in [2.45, 2.75) is 5.03 Å². The summed E-state index contributed by atoms with van der Waals surface area (Å²) in [4.78, 5) is 11.4. The maximum atomic E-state index is 12.1. The number of pyridine rings is 1. The molecule has 0 atom stereocenters. The third-order valence-corrected chi connectivity index (χ3v) is 3.37. The zero-order valence-corrected chi connectivity index (χ0v) is 10.3. The predicted octanol–water partition coefficient (Wildman–Crippen LogP) is 0.714. The highest BCUT2D eigenvalue weighted by molar-refractivity contribution is 7.92. The molecule has 2 heterocycles. The van der Waals surface area contributed by atoms with E-state index in [1.165, 1.54) is 18.6 Å². The van der Waals surface area contributed by atoms with E-state index in [1.54, 1.807) is 25.2 Å². The smallest absolute Gasteiger partial charge is 0.283 e. The molecule has 0 spiro atoms. The van der Waals surface area contributed by atoms with Crippen molar-refractivity contribution >= 4 is 21.7 Å². The third-order valence-electron chi connectivity index (χ3n) is 2.09. The molecule has 2 N–H and O–H groups in total. The largest absolute Gasteiger partial charge is 0.386 e. The van der Waals surface area contributed by atoms with Crippen LogP contribution in [0.2, 0.25) is 0 Å². The van der Waals surface area contributed by atoms with Crippen molar-refractivity contribution in [3.63, 3.8) is 0 Å². The summed E-state index contributed by atoms with van der Waals surface area (Å²) in [6.07, 6.45) is 4.30. The minimum absolute atomic E-state index is 0.00482. The SMILES string of the molecule is CNc1cccnc1S(=O)(=O)Nc1ncccn1. The Morgan fingerprint density at radius 3 is 2.39 bits per heavy atom. The van der Waals surface area contributed by atoms with Gasteiger partial charge in [-0.05, 0) is 18.2 Å². The molecule has 0 saturated carbocycles. The molecule has 0 unspecified atom stereocenters. The fourth-order valence-electron chi connectivity index (χ4n) is 1.32. The molecular weight excluding hydrogens is 254 g/mol. The first kappa shape index (κ1) is 12.2. The Labute approximate surface area is 104 Å². The van der Waals surface area contributed by atoms with Gasteiger partial charge in [0.1, 0.15) is 0 Å². The minimum Gasteiger partial charge on any atom is -0.386 e. The van der Waals surface area contributed by atoms with Crippen LogP contribution < -0.4 is 10.0 Å². The predicted molar refractivity (Wildman–Crippen MR) is 66.6 cm³/mol. The second kappa shape index (κ2) is 4.96. The molecule has 0 aliphatic carbocycles. The standard InChI is InChI=1S/C10H11N5O2S/c1-11-8-4-2-5-12-9(8)18(16,17)15-10-13-6-3-7-14-10/h2-7,11H,1H3,(H,13,14,15). The van der Waals surface area contributed by atoms with Crippen LogP contribution in [0, 0.1) is 0 Å². The lowest BCUT2D eigenvalue weighted by molar-refractivity contribution is 0.597. The van der Waals surface area contributed by atoms with E-state index in [1.807, 2.05) is 0 Å². The number of aromatic nitrogens is 3. The second-order valence-corrected chi connectivity index (χ2v) is 4.88. The van der Waals surface area contributed by atoms with Crippen LogP contribution in [0.5, 0.6) is 0 Å². The van der Waals surface area contributed by atoms with Crippen LogP contribution in [0.25, 0.3) is 0 Å². The Morgan fingerprint density at radius 1 is 1.06 bits per heavy atom. The first-order valence-corrected chi connectivity index (χ1v) is 6.54. The van der Waals surface area contributed by atoms with E-state index in [9.17, 15) is 8.42 Å². The highest BCUT2D eigenvalue weighted by Gasteiger charge is 2.20. The Bertz CT molecular complexity index is 630. The average Bonchev–Trinajstić information content (AvgIpc) is 2.39. The van der Waals surface area contributed by atoms with Crippen LogP contribution in [0.15, 0.2) is 41.8 Å². The fourth-order valence-corrected chi connectivity index (χ4v) is 2.42. The molecular formula is C10H11N5O2S. The van der Waals surface area contributed by atoms with Gasteiger partial charge in [-0.25, -0.2) is 19.7 Å². The van der Waals surface area contributed by atoms with Crippen molar-refractivity contribution < 1.29 is 8.42 Å². The van der Waals surface area contributed by atoms with Gasteiger partial charge in [0.2, 0.25) is 5.95 Å². The number of nitrogens with one attached hydrogen (secondary N) is 2.